The van der Waals surface area contributed by atoms with Gasteiger partial charge in [-0.3, -0.25) is 9.78 Å². The first-order valence-electron chi connectivity index (χ1n) is 8.91. The molecule has 4 rings (SSSR count). The molecular weight excluding hydrogens is 382 g/mol. The van der Waals surface area contributed by atoms with Crippen LogP contribution in [0.15, 0.2) is 46.1 Å². The monoisotopic (exact) mass is 401 g/mol. The number of aliphatic hydroxyl groups excluding tert-OH is 3. The minimum absolute atomic E-state index is 0.0270. The number of aromatic nitrogens is 5. The van der Waals surface area contributed by atoms with Crippen LogP contribution >= 0.6 is 0 Å². The molecule has 1 aromatic carbocycles. The Bertz CT molecular complexity index is 1110. The summed E-state index contributed by atoms with van der Waals surface area (Å²) in [6.07, 6.45) is -3.45. The van der Waals surface area contributed by atoms with Gasteiger partial charge in [-0.15, -0.1) is 5.10 Å². The van der Waals surface area contributed by atoms with Gasteiger partial charge in [0.2, 0.25) is 0 Å². The number of aromatic amines is 2. The highest BCUT2D eigenvalue weighted by Crippen LogP contribution is 2.33. The third-order valence-corrected chi connectivity index (χ3v) is 4.82. The SMILES string of the molecule is O=c1[nH]c(Cn2cc(-c3ccccc3)nn2)c([C@@H]2O[C@H](CO)C(O)[C@@H]2O)c(=O)[nH]1. The highest BCUT2D eigenvalue weighted by atomic mass is 16.6. The lowest BCUT2D eigenvalue weighted by atomic mass is 10.0. The van der Waals surface area contributed by atoms with Crippen LogP contribution in [0.4, 0.5) is 0 Å². The molecule has 11 nitrogen and oxygen atoms in total. The second kappa shape index (κ2) is 7.72. The lowest BCUT2D eigenvalue weighted by Gasteiger charge is -2.17. The third kappa shape index (κ3) is 3.63. The van der Waals surface area contributed by atoms with Gasteiger partial charge in [0.15, 0.2) is 0 Å². The van der Waals surface area contributed by atoms with Crippen LogP contribution in [-0.4, -0.2) is 65.2 Å². The largest absolute Gasteiger partial charge is 0.394 e. The number of nitrogens with zero attached hydrogens (tertiary/aromatic N) is 3. The average molecular weight is 401 g/mol. The molecule has 29 heavy (non-hydrogen) atoms. The van der Waals surface area contributed by atoms with Gasteiger partial charge in [0.1, 0.15) is 30.1 Å². The van der Waals surface area contributed by atoms with Crippen molar-refractivity contribution in [2.75, 3.05) is 6.61 Å². The van der Waals surface area contributed by atoms with Crippen LogP contribution in [-0.2, 0) is 11.3 Å². The van der Waals surface area contributed by atoms with Crippen LogP contribution in [0, 0.1) is 0 Å². The summed E-state index contributed by atoms with van der Waals surface area (Å²) < 4.78 is 6.89. The fourth-order valence-corrected chi connectivity index (χ4v) is 3.39. The summed E-state index contributed by atoms with van der Waals surface area (Å²) in [5.41, 5.74) is 0.0573. The van der Waals surface area contributed by atoms with Crippen LogP contribution in [0.3, 0.4) is 0 Å². The van der Waals surface area contributed by atoms with E-state index >= 15 is 0 Å². The van der Waals surface area contributed by atoms with E-state index in [9.17, 15) is 24.9 Å². The summed E-state index contributed by atoms with van der Waals surface area (Å²) in [6.45, 7) is -0.560. The summed E-state index contributed by atoms with van der Waals surface area (Å²) >= 11 is 0. The molecule has 5 N–H and O–H groups in total. The zero-order valence-corrected chi connectivity index (χ0v) is 15.1. The molecule has 11 heteroatoms. The van der Waals surface area contributed by atoms with Gasteiger partial charge in [0.25, 0.3) is 5.56 Å². The van der Waals surface area contributed by atoms with Gasteiger partial charge < -0.3 is 25.0 Å². The maximum absolute atomic E-state index is 12.5. The van der Waals surface area contributed by atoms with E-state index in [1.807, 2.05) is 30.3 Å². The summed E-state index contributed by atoms with van der Waals surface area (Å²) in [7, 11) is 0. The Morgan fingerprint density at radius 2 is 1.86 bits per heavy atom. The van der Waals surface area contributed by atoms with E-state index < -0.39 is 42.3 Å². The minimum Gasteiger partial charge on any atom is -0.394 e. The molecule has 1 unspecified atom stereocenters. The maximum Gasteiger partial charge on any atom is 0.325 e. The normalized spacial score (nSPS) is 24.1. The fourth-order valence-electron chi connectivity index (χ4n) is 3.39. The zero-order chi connectivity index (χ0) is 20.5. The van der Waals surface area contributed by atoms with E-state index in [0.717, 1.165) is 5.56 Å². The van der Waals surface area contributed by atoms with E-state index in [2.05, 4.69) is 20.3 Å². The third-order valence-electron chi connectivity index (χ3n) is 4.82. The van der Waals surface area contributed by atoms with Crippen molar-refractivity contribution in [3.63, 3.8) is 0 Å². The second-order valence-electron chi connectivity index (χ2n) is 6.73. The van der Waals surface area contributed by atoms with E-state index in [1.54, 1.807) is 6.20 Å². The second-order valence-corrected chi connectivity index (χ2v) is 6.73. The van der Waals surface area contributed by atoms with Crippen molar-refractivity contribution in [1.82, 2.24) is 25.0 Å². The highest BCUT2D eigenvalue weighted by Gasteiger charge is 2.45. The van der Waals surface area contributed by atoms with E-state index in [1.165, 1.54) is 4.68 Å². The summed E-state index contributed by atoms with van der Waals surface area (Å²) in [5.74, 6) is 0. The lowest BCUT2D eigenvalue weighted by molar-refractivity contribution is -0.0235. The molecule has 1 fully saturated rings. The van der Waals surface area contributed by atoms with E-state index in [4.69, 9.17) is 4.74 Å². The molecule has 3 aromatic rings. The molecule has 0 saturated carbocycles. The predicted molar refractivity (Wildman–Crippen MR) is 99.0 cm³/mol. The highest BCUT2D eigenvalue weighted by molar-refractivity contribution is 5.57. The Morgan fingerprint density at radius 1 is 1.10 bits per heavy atom. The standard InChI is InChI=1S/C18H19N5O6/c24-8-12-14(25)15(26)16(29-12)13-11(19-18(28)20-17(13)27)7-23-6-10(21-22-23)9-4-2-1-3-5-9/h1-6,12,14-16,24-26H,7-8H2,(H2,19,20,27,28)/t12-,14?,15+,16+/m1/s1. The smallest absolute Gasteiger partial charge is 0.325 e. The average Bonchev–Trinajstić information content (AvgIpc) is 3.28. The molecule has 152 valence electrons. The Morgan fingerprint density at radius 3 is 2.55 bits per heavy atom. The molecule has 0 amide bonds. The molecule has 0 spiro atoms. The minimum atomic E-state index is -1.45. The number of hydrogen-bond acceptors (Lipinski definition) is 8. The molecule has 0 radical (unpaired) electrons. The van der Waals surface area contributed by atoms with Gasteiger partial charge >= 0.3 is 5.69 Å². The van der Waals surface area contributed by atoms with Crippen molar-refractivity contribution in [1.29, 1.82) is 0 Å². The number of nitrogens with one attached hydrogen (secondary N) is 2. The zero-order valence-electron chi connectivity index (χ0n) is 15.1. The molecular formula is C18H19N5O6. The van der Waals surface area contributed by atoms with Crippen molar-refractivity contribution < 1.29 is 20.1 Å². The fraction of sp³-hybridized carbons (Fsp3) is 0.333. The molecule has 3 heterocycles. The number of ether oxygens (including phenoxy) is 1. The summed E-state index contributed by atoms with van der Waals surface area (Å²) in [4.78, 5) is 28.9. The molecule has 1 aliphatic heterocycles. The van der Waals surface area contributed by atoms with Crippen molar-refractivity contribution in [3.8, 4) is 11.3 Å². The molecule has 0 aliphatic carbocycles. The van der Waals surface area contributed by atoms with Crippen LogP contribution in [0.5, 0.6) is 0 Å². The van der Waals surface area contributed by atoms with E-state index in [-0.39, 0.29) is 17.8 Å². The maximum atomic E-state index is 12.5. The van der Waals surface area contributed by atoms with Crippen LogP contribution in [0.2, 0.25) is 0 Å². The van der Waals surface area contributed by atoms with Crippen LogP contribution in [0.1, 0.15) is 17.4 Å². The van der Waals surface area contributed by atoms with E-state index in [0.29, 0.717) is 5.69 Å². The number of H-pyrrole nitrogens is 2. The number of hydrogen-bond donors (Lipinski definition) is 5. The predicted octanol–water partition coefficient (Wildman–Crippen LogP) is -1.48. The topological polar surface area (TPSA) is 166 Å². The summed E-state index contributed by atoms with van der Waals surface area (Å²) in [5, 5.41) is 37.7. The molecule has 4 atom stereocenters. The molecule has 1 saturated heterocycles. The van der Waals surface area contributed by atoms with Gasteiger partial charge in [-0.05, 0) is 0 Å². The van der Waals surface area contributed by atoms with Crippen molar-refractivity contribution >= 4 is 0 Å². The Labute approximate surface area is 163 Å². The molecule has 0 bridgehead atoms. The summed E-state index contributed by atoms with van der Waals surface area (Å²) in [6, 6.07) is 9.34. The van der Waals surface area contributed by atoms with Gasteiger partial charge in [-0.25, -0.2) is 9.48 Å². The quantitative estimate of drug-likeness (QED) is 0.345. The number of benzene rings is 1. The van der Waals surface area contributed by atoms with Crippen molar-refractivity contribution in [2.24, 2.45) is 0 Å². The first-order chi connectivity index (χ1) is 14.0. The molecule has 2 aromatic heterocycles. The Kier molecular flexibility index (Phi) is 5.11. The van der Waals surface area contributed by atoms with Gasteiger partial charge in [0.05, 0.1) is 30.6 Å². The van der Waals surface area contributed by atoms with Crippen LogP contribution in [0.25, 0.3) is 11.3 Å². The van der Waals surface area contributed by atoms with Gasteiger partial charge in [0, 0.05) is 5.56 Å². The van der Waals surface area contributed by atoms with Crippen LogP contribution < -0.4 is 11.2 Å². The van der Waals surface area contributed by atoms with Crippen molar-refractivity contribution in [3.05, 3.63) is 68.6 Å². The number of rotatable bonds is 5. The number of aliphatic hydroxyl groups is 3. The van der Waals surface area contributed by atoms with Crippen molar-refractivity contribution in [2.45, 2.75) is 31.0 Å². The Hall–Kier alpha value is -3.12. The van der Waals surface area contributed by atoms with Gasteiger partial charge in [-0.1, -0.05) is 35.5 Å². The van der Waals surface area contributed by atoms with Gasteiger partial charge in [-0.2, -0.15) is 0 Å². The molecule has 1 aliphatic rings. The first kappa shape index (κ1) is 19.2. The Balaban J connectivity index is 1.69. The lowest BCUT2D eigenvalue weighted by Crippen LogP contribution is -2.35. The first-order valence-corrected chi connectivity index (χ1v) is 8.91.